The minimum atomic E-state index is -0.236. The Morgan fingerprint density at radius 3 is 1.67 bits per heavy atom. The summed E-state index contributed by atoms with van der Waals surface area (Å²) in [5.41, 5.74) is 9.65. The van der Waals surface area contributed by atoms with E-state index in [0.29, 0.717) is 5.92 Å². The fourth-order valence-corrected chi connectivity index (χ4v) is 5.29. The molecule has 2 bridgehead atoms. The van der Waals surface area contributed by atoms with Crippen molar-refractivity contribution in [2.75, 3.05) is 0 Å². The lowest BCUT2D eigenvalue weighted by Crippen LogP contribution is -2.41. The van der Waals surface area contributed by atoms with E-state index in [2.05, 4.69) is 110 Å². The van der Waals surface area contributed by atoms with Crippen molar-refractivity contribution in [2.45, 2.75) is 11.3 Å². The molecule has 0 saturated carbocycles. The molecule has 0 heteroatoms. The monoisotopic (exact) mass is 343 g/mol. The van der Waals surface area contributed by atoms with Crippen LogP contribution in [0.25, 0.3) is 0 Å². The summed E-state index contributed by atoms with van der Waals surface area (Å²) in [6.45, 7) is 0. The first-order chi connectivity index (χ1) is 13.4. The summed E-state index contributed by atoms with van der Waals surface area (Å²) in [5.74, 6) is 0.333. The number of rotatable bonds is 1. The summed E-state index contributed by atoms with van der Waals surface area (Å²) < 4.78 is 0. The maximum absolute atomic E-state index is 2.47. The third kappa shape index (κ3) is 1.85. The Bertz CT molecular complexity index is 1040. The Labute approximate surface area is 160 Å². The summed E-state index contributed by atoms with van der Waals surface area (Å²) in [7, 11) is 0. The standard InChI is InChI=1S/C27H19/c1-2-10-19(11-3-1)18-27-23-15-7-4-12-20(23)26(21-13-5-8-16-24(21)27)22-14-6-9-17-25(22)27/h1-18,26H/q+1. The summed E-state index contributed by atoms with van der Waals surface area (Å²) in [4.78, 5) is 0. The molecule has 0 heterocycles. The van der Waals surface area contributed by atoms with Gasteiger partial charge in [0.2, 0.25) is 0 Å². The van der Waals surface area contributed by atoms with E-state index in [-0.39, 0.29) is 5.41 Å². The summed E-state index contributed by atoms with van der Waals surface area (Å²) in [5, 5.41) is 0. The average molecular weight is 343 g/mol. The zero-order valence-corrected chi connectivity index (χ0v) is 15.0. The van der Waals surface area contributed by atoms with Crippen LogP contribution in [0.5, 0.6) is 0 Å². The summed E-state index contributed by atoms with van der Waals surface area (Å²) >= 11 is 0. The van der Waals surface area contributed by atoms with Gasteiger partial charge in [-0.3, -0.25) is 0 Å². The minimum absolute atomic E-state index is 0.236. The van der Waals surface area contributed by atoms with Gasteiger partial charge in [0.25, 0.3) is 0 Å². The zero-order chi connectivity index (χ0) is 17.8. The Morgan fingerprint density at radius 2 is 1.19 bits per heavy atom. The lowest BCUT2D eigenvalue weighted by Gasteiger charge is -2.48. The molecule has 0 aromatic heterocycles. The molecule has 7 rings (SSSR count). The van der Waals surface area contributed by atoms with E-state index < -0.39 is 0 Å². The second kappa shape index (κ2) is 5.37. The molecular weight excluding hydrogens is 324 g/mol. The molecule has 0 unspecified atom stereocenters. The van der Waals surface area contributed by atoms with Crippen LogP contribution in [0.4, 0.5) is 0 Å². The number of allylic oxidation sites excluding steroid dienone is 6. The first-order valence-corrected chi connectivity index (χ1v) is 9.59. The highest BCUT2D eigenvalue weighted by atomic mass is 14.5. The lowest BCUT2D eigenvalue weighted by atomic mass is 9.52. The van der Waals surface area contributed by atoms with Crippen molar-refractivity contribution in [3.05, 3.63) is 149 Å². The van der Waals surface area contributed by atoms with Gasteiger partial charge in [0, 0.05) is 42.7 Å². The van der Waals surface area contributed by atoms with E-state index in [4.69, 9.17) is 0 Å². The van der Waals surface area contributed by atoms with Gasteiger partial charge in [-0.05, 0) is 33.4 Å². The summed E-state index contributed by atoms with van der Waals surface area (Å²) in [6, 6.07) is 27.0. The Balaban J connectivity index is 1.78. The normalized spacial score (nSPS) is 24.9. The average Bonchev–Trinajstić information content (AvgIpc) is 2.75. The van der Waals surface area contributed by atoms with Crippen molar-refractivity contribution < 1.29 is 0 Å². The predicted molar refractivity (Wildman–Crippen MR) is 111 cm³/mol. The molecule has 0 saturated heterocycles. The fourth-order valence-electron chi connectivity index (χ4n) is 5.29. The Hall–Kier alpha value is -3.25. The van der Waals surface area contributed by atoms with Gasteiger partial charge in [-0.15, -0.1) is 0 Å². The van der Waals surface area contributed by atoms with Crippen molar-refractivity contribution in [3.63, 3.8) is 0 Å². The zero-order valence-electron chi connectivity index (χ0n) is 15.0. The highest BCUT2D eigenvalue weighted by molar-refractivity contribution is 5.74. The van der Waals surface area contributed by atoms with Crippen LogP contribution < -0.4 is 0 Å². The maximum atomic E-state index is 2.47. The lowest BCUT2D eigenvalue weighted by molar-refractivity contribution is 0.646. The first kappa shape index (κ1) is 14.9. The number of benzene rings is 3. The van der Waals surface area contributed by atoms with Gasteiger partial charge in [0.05, 0.1) is 11.0 Å². The van der Waals surface area contributed by atoms with Gasteiger partial charge in [-0.25, -0.2) is 0 Å². The molecule has 0 fully saturated rings. The van der Waals surface area contributed by atoms with E-state index >= 15 is 0 Å². The molecule has 4 aliphatic rings. The quantitative estimate of drug-likeness (QED) is 0.469. The number of hydrogen-bond acceptors (Lipinski definition) is 0. The second-order valence-corrected chi connectivity index (χ2v) is 7.56. The van der Waals surface area contributed by atoms with Crippen LogP contribution in [0, 0.1) is 6.42 Å². The molecule has 0 aliphatic heterocycles. The second-order valence-electron chi connectivity index (χ2n) is 7.56. The van der Waals surface area contributed by atoms with Gasteiger partial charge in [-0.2, -0.15) is 0 Å². The van der Waals surface area contributed by atoms with Crippen molar-refractivity contribution in [2.24, 2.45) is 0 Å². The largest absolute Gasteiger partial charge is 0.0987 e. The van der Waals surface area contributed by atoms with Crippen molar-refractivity contribution in [1.29, 1.82) is 0 Å². The third-order valence-electron chi connectivity index (χ3n) is 6.27. The molecular formula is C27H19+. The number of hydrogen-bond donors (Lipinski definition) is 0. The molecule has 27 heavy (non-hydrogen) atoms. The molecule has 4 aliphatic carbocycles. The van der Waals surface area contributed by atoms with Crippen molar-refractivity contribution >= 4 is 0 Å². The molecule has 0 nitrogen and oxygen atoms in total. The Kier molecular flexibility index (Phi) is 2.96. The van der Waals surface area contributed by atoms with Gasteiger partial charge >= 0.3 is 0 Å². The van der Waals surface area contributed by atoms with E-state index in [1.54, 1.807) is 0 Å². The minimum Gasteiger partial charge on any atom is -0.0619 e. The van der Waals surface area contributed by atoms with E-state index in [1.807, 2.05) is 0 Å². The van der Waals surface area contributed by atoms with Crippen LogP contribution in [-0.4, -0.2) is 0 Å². The van der Waals surface area contributed by atoms with Gasteiger partial charge in [-0.1, -0.05) is 72.8 Å². The molecule has 0 amide bonds. The highest BCUT2D eigenvalue weighted by Crippen LogP contribution is 2.59. The molecule has 3 aromatic rings. The van der Waals surface area contributed by atoms with Crippen LogP contribution in [0.15, 0.2) is 109 Å². The van der Waals surface area contributed by atoms with Gasteiger partial charge in [0.1, 0.15) is 0 Å². The van der Waals surface area contributed by atoms with E-state index in [1.165, 1.54) is 39.0 Å². The van der Waals surface area contributed by atoms with Gasteiger partial charge < -0.3 is 0 Å². The molecule has 3 aromatic carbocycles. The van der Waals surface area contributed by atoms with Gasteiger partial charge in [0.15, 0.2) is 0 Å². The topological polar surface area (TPSA) is 0 Å². The van der Waals surface area contributed by atoms with Crippen LogP contribution in [0.2, 0.25) is 0 Å². The summed E-state index contributed by atoms with van der Waals surface area (Å²) in [6.07, 6.45) is 13.2. The fraction of sp³-hybridized carbons (Fsp3) is 0.0741. The highest BCUT2D eigenvalue weighted by Gasteiger charge is 2.51. The van der Waals surface area contributed by atoms with Crippen molar-refractivity contribution in [1.82, 2.24) is 0 Å². The smallest absolute Gasteiger partial charge is 0.0619 e. The first-order valence-electron chi connectivity index (χ1n) is 9.59. The molecule has 0 atom stereocenters. The molecule has 0 N–H and O–H groups in total. The van der Waals surface area contributed by atoms with Crippen LogP contribution in [0.3, 0.4) is 0 Å². The Morgan fingerprint density at radius 1 is 0.667 bits per heavy atom. The van der Waals surface area contributed by atoms with Crippen LogP contribution >= 0.6 is 0 Å². The molecule has 0 radical (unpaired) electrons. The van der Waals surface area contributed by atoms with Crippen LogP contribution in [-0.2, 0) is 5.41 Å². The SMILES string of the molecule is C1=C[CH+]C(=CC23c4ccccc4C(c4ccccc42)c2ccccc23)C=C1. The maximum Gasteiger partial charge on any atom is 0.0987 e. The van der Waals surface area contributed by atoms with E-state index in [0.717, 1.165) is 0 Å². The predicted octanol–water partition coefficient (Wildman–Crippen LogP) is 6.08. The van der Waals surface area contributed by atoms with E-state index in [9.17, 15) is 0 Å². The van der Waals surface area contributed by atoms with Crippen molar-refractivity contribution in [3.8, 4) is 0 Å². The van der Waals surface area contributed by atoms with Crippen LogP contribution in [0.1, 0.15) is 39.3 Å². The molecule has 126 valence electrons. The third-order valence-corrected chi connectivity index (χ3v) is 6.27. The molecule has 0 spiro atoms.